The standard InChI is InChI=1S/C18H19N3O5S/c22-18-10-5-11-20(18)13-15-7-2-1-6-14(15)12-19-27(25,26)17-9-4-3-8-16(17)21(23)24/h1-4,6-9,19H,5,10-13H2. The predicted molar refractivity (Wildman–Crippen MR) is 98.2 cm³/mol. The van der Waals surface area contributed by atoms with Crippen LogP contribution < -0.4 is 4.72 Å². The number of amides is 1. The van der Waals surface area contributed by atoms with E-state index in [-0.39, 0.29) is 17.3 Å². The van der Waals surface area contributed by atoms with Gasteiger partial charge in [-0.25, -0.2) is 13.1 Å². The van der Waals surface area contributed by atoms with Gasteiger partial charge in [0.2, 0.25) is 15.9 Å². The third-order valence-electron chi connectivity index (χ3n) is 4.46. The average molecular weight is 389 g/mol. The van der Waals surface area contributed by atoms with Crippen LogP contribution in [0.5, 0.6) is 0 Å². The number of carbonyl (C=O) groups excluding carboxylic acids is 1. The van der Waals surface area contributed by atoms with Crippen molar-refractivity contribution in [1.29, 1.82) is 0 Å². The van der Waals surface area contributed by atoms with Gasteiger partial charge in [0.15, 0.2) is 4.90 Å². The molecule has 8 nitrogen and oxygen atoms in total. The summed E-state index contributed by atoms with van der Waals surface area (Å²) in [7, 11) is -4.06. The molecule has 0 aromatic heterocycles. The highest BCUT2D eigenvalue weighted by Crippen LogP contribution is 2.23. The largest absolute Gasteiger partial charge is 0.338 e. The fraction of sp³-hybridized carbons (Fsp3) is 0.278. The first-order chi connectivity index (χ1) is 12.9. The fourth-order valence-electron chi connectivity index (χ4n) is 3.05. The van der Waals surface area contributed by atoms with Gasteiger partial charge >= 0.3 is 0 Å². The van der Waals surface area contributed by atoms with Crippen LogP contribution >= 0.6 is 0 Å². The Morgan fingerprint density at radius 1 is 1.07 bits per heavy atom. The fourth-order valence-corrected chi connectivity index (χ4v) is 4.22. The topological polar surface area (TPSA) is 110 Å². The number of benzene rings is 2. The Labute approximate surface area is 157 Å². The zero-order chi connectivity index (χ0) is 19.4. The van der Waals surface area contributed by atoms with E-state index in [0.717, 1.165) is 23.6 Å². The molecule has 27 heavy (non-hydrogen) atoms. The van der Waals surface area contributed by atoms with Gasteiger partial charge in [0.05, 0.1) is 4.92 Å². The van der Waals surface area contributed by atoms with Gasteiger partial charge in [0.1, 0.15) is 0 Å². The third kappa shape index (κ3) is 4.32. The number of rotatable bonds is 7. The molecule has 9 heteroatoms. The second-order valence-electron chi connectivity index (χ2n) is 6.24. The highest BCUT2D eigenvalue weighted by molar-refractivity contribution is 7.89. The molecule has 0 aliphatic carbocycles. The first-order valence-electron chi connectivity index (χ1n) is 8.46. The van der Waals surface area contributed by atoms with E-state index in [9.17, 15) is 23.3 Å². The molecule has 142 valence electrons. The average Bonchev–Trinajstić information content (AvgIpc) is 3.06. The van der Waals surface area contributed by atoms with Crippen LogP contribution in [0.25, 0.3) is 0 Å². The van der Waals surface area contributed by atoms with Crippen LogP contribution in [-0.2, 0) is 27.9 Å². The second kappa shape index (κ2) is 7.85. The minimum atomic E-state index is -4.06. The number of hydrogen-bond donors (Lipinski definition) is 1. The minimum absolute atomic E-state index is 0.0212. The molecule has 0 spiro atoms. The van der Waals surface area contributed by atoms with Gasteiger partial charge in [-0.1, -0.05) is 36.4 Å². The number of sulfonamides is 1. The molecule has 1 N–H and O–H groups in total. The summed E-state index contributed by atoms with van der Waals surface area (Å²) in [6.07, 6.45) is 1.36. The van der Waals surface area contributed by atoms with Crippen LogP contribution in [-0.4, -0.2) is 30.7 Å². The summed E-state index contributed by atoms with van der Waals surface area (Å²) in [4.78, 5) is 23.6. The molecule has 3 rings (SSSR count). The Morgan fingerprint density at radius 3 is 2.41 bits per heavy atom. The Bertz CT molecular complexity index is 974. The Morgan fingerprint density at radius 2 is 1.74 bits per heavy atom. The van der Waals surface area contributed by atoms with Crippen molar-refractivity contribution >= 4 is 21.6 Å². The zero-order valence-electron chi connectivity index (χ0n) is 14.5. The summed E-state index contributed by atoms with van der Waals surface area (Å²) in [5, 5.41) is 11.1. The minimum Gasteiger partial charge on any atom is -0.338 e. The molecule has 0 radical (unpaired) electrons. The van der Waals surface area contributed by atoms with E-state index < -0.39 is 20.6 Å². The van der Waals surface area contributed by atoms with Crippen molar-refractivity contribution in [2.24, 2.45) is 0 Å². The molecule has 0 bridgehead atoms. The van der Waals surface area contributed by atoms with E-state index in [1.807, 2.05) is 12.1 Å². The Kier molecular flexibility index (Phi) is 5.52. The van der Waals surface area contributed by atoms with Gasteiger partial charge < -0.3 is 4.90 Å². The normalized spacial score (nSPS) is 14.5. The maximum absolute atomic E-state index is 12.6. The molecule has 1 heterocycles. The van der Waals surface area contributed by atoms with Crippen LogP contribution in [0.3, 0.4) is 0 Å². The van der Waals surface area contributed by atoms with Gasteiger partial charge in [-0.3, -0.25) is 14.9 Å². The van der Waals surface area contributed by atoms with E-state index in [1.54, 1.807) is 17.0 Å². The lowest BCUT2D eigenvalue weighted by atomic mass is 10.1. The Hall–Kier alpha value is -2.78. The van der Waals surface area contributed by atoms with Crippen LogP contribution in [0.1, 0.15) is 24.0 Å². The smallest absolute Gasteiger partial charge is 0.289 e. The van der Waals surface area contributed by atoms with Crippen molar-refractivity contribution in [3.8, 4) is 0 Å². The monoisotopic (exact) mass is 389 g/mol. The van der Waals surface area contributed by atoms with Gasteiger partial charge in [-0.05, 0) is 23.6 Å². The Balaban J connectivity index is 1.79. The van der Waals surface area contributed by atoms with E-state index in [1.165, 1.54) is 18.2 Å². The number of para-hydroxylation sites is 1. The maximum Gasteiger partial charge on any atom is 0.289 e. The molecule has 0 saturated carbocycles. The van der Waals surface area contributed by atoms with Crippen LogP contribution in [0, 0.1) is 10.1 Å². The SMILES string of the molecule is O=C1CCCN1Cc1ccccc1CNS(=O)(=O)c1ccccc1[N+](=O)[O-]. The van der Waals surface area contributed by atoms with E-state index in [4.69, 9.17) is 0 Å². The zero-order valence-corrected chi connectivity index (χ0v) is 15.3. The maximum atomic E-state index is 12.6. The molecule has 1 saturated heterocycles. The van der Waals surface area contributed by atoms with Crippen LogP contribution in [0.15, 0.2) is 53.4 Å². The number of nitrogens with zero attached hydrogens (tertiary/aromatic N) is 2. The molecular formula is C18H19N3O5S. The summed E-state index contributed by atoms with van der Waals surface area (Å²) in [6, 6.07) is 12.4. The molecule has 0 atom stereocenters. The summed E-state index contributed by atoms with van der Waals surface area (Å²) in [6.45, 7) is 1.09. The number of nitro benzene ring substituents is 1. The van der Waals surface area contributed by atoms with Gasteiger partial charge in [-0.2, -0.15) is 0 Å². The molecule has 1 aliphatic rings. The highest BCUT2D eigenvalue weighted by atomic mass is 32.2. The quantitative estimate of drug-likeness (QED) is 0.577. The summed E-state index contributed by atoms with van der Waals surface area (Å²) in [5.74, 6) is 0.0882. The number of nitro groups is 1. The lowest BCUT2D eigenvalue weighted by Gasteiger charge is -2.18. The van der Waals surface area contributed by atoms with E-state index in [2.05, 4.69) is 4.72 Å². The lowest BCUT2D eigenvalue weighted by Crippen LogP contribution is -2.27. The lowest BCUT2D eigenvalue weighted by molar-refractivity contribution is -0.387. The number of likely N-dealkylation sites (tertiary alicyclic amines) is 1. The number of hydrogen-bond acceptors (Lipinski definition) is 5. The van der Waals surface area contributed by atoms with E-state index in [0.29, 0.717) is 19.5 Å². The van der Waals surface area contributed by atoms with Crippen molar-refractivity contribution < 1.29 is 18.1 Å². The summed E-state index contributed by atoms with van der Waals surface area (Å²) >= 11 is 0. The molecule has 2 aromatic carbocycles. The third-order valence-corrected chi connectivity index (χ3v) is 5.90. The summed E-state index contributed by atoms with van der Waals surface area (Å²) in [5.41, 5.74) is 1.10. The van der Waals surface area contributed by atoms with Gasteiger partial charge in [-0.15, -0.1) is 0 Å². The van der Waals surface area contributed by atoms with Gasteiger partial charge in [0, 0.05) is 32.1 Å². The highest BCUT2D eigenvalue weighted by Gasteiger charge is 2.25. The number of nitrogens with one attached hydrogen (secondary N) is 1. The molecular weight excluding hydrogens is 370 g/mol. The first kappa shape index (κ1) is 19.0. The molecule has 0 unspecified atom stereocenters. The number of carbonyl (C=O) groups is 1. The van der Waals surface area contributed by atoms with Crippen LogP contribution in [0.4, 0.5) is 5.69 Å². The molecule has 2 aromatic rings. The second-order valence-corrected chi connectivity index (χ2v) is 7.97. The van der Waals surface area contributed by atoms with Crippen molar-refractivity contribution in [3.63, 3.8) is 0 Å². The van der Waals surface area contributed by atoms with Crippen molar-refractivity contribution in [3.05, 3.63) is 69.8 Å². The van der Waals surface area contributed by atoms with Crippen molar-refractivity contribution in [2.45, 2.75) is 30.8 Å². The van der Waals surface area contributed by atoms with E-state index >= 15 is 0 Å². The molecule has 1 amide bonds. The van der Waals surface area contributed by atoms with Gasteiger partial charge in [0.25, 0.3) is 5.69 Å². The van der Waals surface area contributed by atoms with Crippen molar-refractivity contribution in [1.82, 2.24) is 9.62 Å². The summed E-state index contributed by atoms with van der Waals surface area (Å²) < 4.78 is 27.5. The predicted octanol–water partition coefficient (Wildman–Crippen LogP) is 2.20. The van der Waals surface area contributed by atoms with Crippen molar-refractivity contribution in [2.75, 3.05) is 6.54 Å². The molecule has 1 aliphatic heterocycles. The first-order valence-corrected chi connectivity index (χ1v) is 9.94. The van der Waals surface area contributed by atoms with Crippen LogP contribution in [0.2, 0.25) is 0 Å². The molecule has 1 fully saturated rings.